The minimum absolute atomic E-state index is 0.120. The molecule has 2 rings (SSSR count). The van der Waals surface area contributed by atoms with Gasteiger partial charge in [0, 0.05) is 13.1 Å². The molecule has 1 saturated carbocycles. The molecule has 1 aliphatic carbocycles. The lowest BCUT2D eigenvalue weighted by Gasteiger charge is -2.26. The van der Waals surface area contributed by atoms with Crippen molar-refractivity contribution in [3.8, 4) is 5.75 Å². The molecule has 0 bridgehead atoms. The number of hydrogen-bond donors (Lipinski definition) is 1. The van der Waals surface area contributed by atoms with E-state index < -0.39 is 0 Å². The number of ether oxygens (including phenoxy) is 1. The molecule has 0 amide bonds. The van der Waals surface area contributed by atoms with Crippen molar-refractivity contribution in [3.05, 3.63) is 29.8 Å². The molecule has 1 N–H and O–H groups in total. The van der Waals surface area contributed by atoms with E-state index in [0.717, 1.165) is 31.7 Å². The number of benzene rings is 1. The normalized spacial score (nSPS) is 23.6. The first-order valence-corrected chi connectivity index (χ1v) is 7.68. The Kier molecular flexibility index (Phi) is 5.86. The summed E-state index contributed by atoms with van der Waals surface area (Å²) in [4.78, 5) is 2.31. The van der Waals surface area contributed by atoms with E-state index in [2.05, 4.69) is 24.1 Å². The standard InChI is InChI=1S/C17H27NO2/c1-18(12-14-7-6-9-16(11-14)20-2)13-15-8-4-3-5-10-17(15)19/h6-7,9,11,15,17,19H,3-5,8,10,12-13H2,1-2H3. The molecule has 0 aromatic heterocycles. The summed E-state index contributed by atoms with van der Waals surface area (Å²) in [7, 11) is 3.84. The molecular formula is C17H27NO2. The third kappa shape index (κ3) is 4.50. The van der Waals surface area contributed by atoms with E-state index in [1.807, 2.05) is 12.1 Å². The Labute approximate surface area is 122 Å². The summed E-state index contributed by atoms with van der Waals surface area (Å²) in [6, 6.07) is 8.21. The molecule has 0 spiro atoms. The maximum Gasteiger partial charge on any atom is 0.119 e. The zero-order valence-electron chi connectivity index (χ0n) is 12.7. The number of aliphatic hydroxyl groups excluding tert-OH is 1. The van der Waals surface area contributed by atoms with Crippen LogP contribution >= 0.6 is 0 Å². The van der Waals surface area contributed by atoms with E-state index in [1.54, 1.807) is 7.11 Å². The predicted octanol–water partition coefficient (Wildman–Crippen LogP) is 3.07. The summed E-state index contributed by atoms with van der Waals surface area (Å²) in [5.74, 6) is 1.33. The van der Waals surface area contributed by atoms with Gasteiger partial charge in [-0.25, -0.2) is 0 Å². The van der Waals surface area contributed by atoms with E-state index in [-0.39, 0.29) is 6.10 Å². The van der Waals surface area contributed by atoms with Gasteiger partial charge < -0.3 is 14.7 Å². The first-order valence-electron chi connectivity index (χ1n) is 7.68. The van der Waals surface area contributed by atoms with Crippen LogP contribution < -0.4 is 4.74 Å². The summed E-state index contributed by atoms with van der Waals surface area (Å²) in [5.41, 5.74) is 1.26. The fraction of sp³-hybridized carbons (Fsp3) is 0.647. The van der Waals surface area contributed by atoms with E-state index >= 15 is 0 Å². The Bertz CT molecular complexity index is 408. The topological polar surface area (TPSA) is 32.7 Å². The maximum absolute atomic E-state index is 10.2. The predicted molar refractivity (Wildman–Crippen MR) is 81.9 cm³/mol. The van der Waals surface area contributed by atoms with Crippen molar-refractivity contribution in [2.45, 2.75) is 44.8 Å². The van der Waals surface area contributed by atoms with Gasteiger partial charge in [0.1, 0.15) is 5.75 Å². The van der Waals surface area contributed by atoms with Crippen LogP contribution in [0.1, 0.15) is 37.7 Å². The third-order valence-electron chi connectivity index (χ3n) is 4.25. The summed E-state index contributed by atoms with van der Waals surface area (Å²) in [5, 5.41) is 10.2. The fourth-order valence-electron chi connectivity index (χ4n) is 3.13. The second-order valence-corrected chi connectivity index (χ2v) is 6.01. The highest BCUT2D eigenvalue weighted by atomic mass is 16.5. The third-order valence-corrected chi connectivity index (χ3v) is 4.25. The van der Waals surface area contributed by atoms with E-state index in [0.29, 0.717) is 5.92 Å². The molecule has 1 aromatic carbocycles. The van der Waals surface area contributed by atoms with Crippen molar-refractivity contribution in [1.82, 2.24) is 4.90 Å². The summed E-state index contributed by atoms with van der Waals surface area (Å²) < 4.78 is 5.26. The zero-order chi connectivity index (χ0) is 14.4. The van der Waals surface area contributed by atoms with Gasteiger partial charge in [0.15, 0.2) is 0 Å². The van der Waals surface area contributed by atoms with E-state index in [9.17, 15) is 5.11 Å². The first-order chi connectivity index (χ1) is 9.69. The smallest absolute Gasteiger partial charge is 0.119 e. The molecule has 2 unspecified atom stereocenters. The Balaban J connectivity index is 1.88. The van der Waals surface area contributed by atoms with Gasteiger partial charge in [-0.2, -0.15) is 0 Å². The second kappa shape index (κ2) is 7.65. The number of rotatable bonds is 5. The molecule has 2 atom stereocenters. The highest BCUT2D eigenvalue weighted by Crippen LogP contribution is 2.24. The van der Waals surface area contributed by atoms with Crippen LogP contribution in [-0.2, 0) is 6.54 Å². The molecular weight excluding hydrogens is 250 g/mol. The molecule has 112 valence electrons. The van der Waals surface area contributed by atoms with Crippen LogP contribution in [0.2, 0.25) is 0 Å². The van der Waals surface area contributed by atoms with E-state index in [4.69, 9.17) is 4.74 Å². The molecule has 0 heterocycles. The van der Waals surface area contributed by atoms with Crippen LogP contribution in [-0.4, -0.2) is 36.8 Å². The molecule has 3 nitrogen and oxygen atoms in total. The summed E-state index contributed by atoms with van der Waals surface area (Å²) in [6.07, 6.45) is 5.71. The number of hydrogen-bond acceptors (Lipinski definition) is 3. The van der Waals surface area contributed by atoms with Gasteiger partial charge in [-0.1, -0.05) is 31.4 Å². The highest BCUT2D eigenvalue weighted by molar-refractivity contribution is 5.28. The van der Waals surface area contributed by atoms with Gasteiger partial charge in [0.05, 0.1) is 13.2 Å². The molecule has 1 aliphatic rings. The van der Waals surface area contributed by atoms with Crippen LogP contribution in [0, 0.1) is 5.92 Å². The van der Waals surface area contributed by atoms with Gasteiger partial charge in [0.25, 0.3) is 0 Å². The number of nitrogens with zero attached hydrogens (tertiary/aromatic N) is 1. The van der Waals surface area contributed by atoms with Crippen LogP contribution in [0.3, 0.4) is 0 Å². The maximum atomic E-state index is 10.2. The van der Waals surface area contributed by atoms with Gasteiger partial charge in [0.2, 0.25) is 0 Å². The highest BCUT2D eigenvalue weighted by Gasteiger charge is 2.22. The van der Waals surface area contributed by atoms with Gasteiger partial charge in [-0.05, 0) is 43.5 Å². The Morgan fingerprint density at radius 3 is 2.85 bits per heavy atom. The number of aliphatic hydroxyl groups is 1. The fourth-order valence-corrected chi connectivity index (χ4v) is 3.13. The Morgan fingerprint density at radius 1 is 1.25 bits per heavy atom. The average Bonchev–Trinajstić information content (AvgIpc) is 2.64. The SMILES string of the molecule is COc1cccc(CN(C)CC2CCCCCC2O)c1. The minimum atomic E-state index is -0.120. The van der Waals surface area contributed by atoms with Crippen molar-refractivity contribution < 1.29 is 9.84 Å². The summed E-state index contributed by atoms with van der Waals surface area (Å²) >= 11 is 0. The van der Waals surface area contributed by atoms with Gasteiger partial charge in [-0.15, -0.1) is 0 Å². The van der Waals surface area contributed by atoms with E-state index in [1.165, 1.54) is 24.8 Å². The lowest BCUT2D eigenvalue weighted by Crippen LogP contribution is -2.32. The van der Waals surface area contributed by atoms with Crippen LogP contribution in [0.5, 0.6) is 5.75 Å². The Hall–Kier alpha value is -1.06. The molecule has 0 radical (unpaired) electrons. The molecule has 1 fully saturated rings. The molecule has 0 saturated heterocycles. The van der Waals surface area contributed by atoms with Crippen molar-refractivity contribution in [1.29, 1.82) is 0 Å². The molecule has 1 aromatic rings. The summed E-state index contributed by atoms with van der Waals surface area (Å²) in [6.45, 7) is 1.87. The van der Waals surface area contributed by atoms with Gasteiger partial charge in [-0.3, -0.25) is 0 Å². The van der Waals surface area contributed by atoms with Crippen molar-refractivity contribution >= 4 is 0 Å². The molecule has 20 heavy (non-hydrogen) atoms. The van der Waals surface area contributed by atoms with Crippen LogP contribution in [0.15, 0.2) is 24.3 Å². The van der Waals surface area contributed by atoms with Gasteiger partial charge >= 0.3 is 0 Å². The van der Waals surface area contributed by atoms with Crippen molar-refractivity contribution in [2.75, 3.05) is 20.7 Å². The average molecular weight is 277 g/mol. The quantitative estimate of drug-likeness (QED) is 0.840. The zero-order valence-corrected chi connectivity index (χ0v) is 12.7. The van der Waals surface area contributed by atoms with Crippen LogP contribution in [0.4, 0.5) is 0 Å². The van der Waals surface area contributed by atoms with Crippen molar-refractivity contribution in [3.63, 3.8) is 0 Å². The van der Waals surface area contributed by atoms with Crippen molar-refractivity contribution in [2.24, 2.45) is 5.92 Å². The van der Waals surface area contributed by atoms with Crippen LogP contribution in [0.25, 0.3) is 0 Å². The minimum Gasteiger partial charge on any atom is -0.497 e. The number of methoxy groups -OCH3 is 1. The Morgan fingerprint density at radius 2 is 2.05 bits per heavy atom. The monoisotopic (exact) mass is 277 g/mol. The first kappa shape index (κ1) is 15.3. The lowest BCUT2D eigenvalue weighted by molar-refractivity contribution is 0.0780. The second-order valence-electron chi connectivity index (χ2n) is 6.01. The largest absolute Gasteiger partial charge is 0.497 e. The molecule has 3 heteroatoms. The molecule has 0 aliphatic heterocycles. The lowest BCUT2D eigenvalue weighted by atomic mass is 9.96.